The molecule has 142 valence electrons. The van der Waals surface area contributed by atoms with E-state index < -0.39 is 11.7 Å². The first-order valence-electron chi connectivity index (χ1n) is 9.36. The summed E-state index contributed by atoms with van der Waals surface area (Å²) in [6.07, 6.45) is 3.46. The van der Waals surface area contributed by atoms with Crippen molar-refractivity contribution in [3.05, 3.63) is 81.9 Å². The van der Waals surface area contributed by atoms with Gasteiger partial charge >= 0.3 is 0 Å². The van der Waals surface area contributed by atoms with Crippen LogP contribution in [0.15, 0.2) is 59.4 Å². The molecular formula is C22H20FN3O2. The molecule has 2 aromatic carbocycles. The molecule has 0 saturated carbocycles. The van der Waals surface area contributed by atoms with Gasteiger partial charge in [0.2, 0.25) is 5.91 Å². The van der Waals surface area contributed by atoms with Gasteiger partial charge in [0.25, 0.3) is 5.56 Å². The number of hydrogen-bond donors (Lipinski definition) is 1. The highest BCUT2D eigenvalue weighted by atomic mass is 19.1. The van der Waals surface area contributed by atoms with Crippen LogP contribution in [0.25, 0.3) is 11.3 Å². The quantitative estimate of drug-likeness (QED) is 0.756. The van der Waals surface area contributed by atoms with E-state index in [1.165, 1.54) is 16.8 Å². The molecule has 0 fully saturated rings. The minimum atomic E-state index is -0.522. The van der Waals surface area contributed by atoms with Crippen LogP contribution in [-0.4, -0.2) is 15.7 Å². The molecule has 1 amide bonds. The zero-order valence-corrected chi connectivity index (χ0v) is 15.3. The Morgan fingerprint density at radius 3 is 2.43 bits per heavy atom. The fourth-order valence-electron chi connectivity index (χ4n) is 3.61. The first-order chi connectivity index (χ1) is 13.6. The van der Waals surface area contributed by atoms with Crippen LogP contribution >= 0.6 is 0 Å². The van der Waals surface area contributed by atoms with E-state index >= 15 is 0 Å². The highest BCUT2D eigenvalue weighted by Crippen LogP contribution is 2.27. The number of carbonyl (C=O) groups is 1. The van der Waals surface area contributed by atoms with Crippen LogP contribution in [0.1, 0.15) is 24.0 Å². The highest BCUT2D eigenvalue weighted by molar-refractivity contribution is 5.90. The van der Waals surface area contributed by atoms with Gasteiger partial charge in [0.05, 0.1) is 11.4 Å². The minimum absolute atomic E-state index is 0.0850. The third kappa shape index (κ3) is 3.58. The van der Waals surface area contributed by atoms with E-state index in [0.717, 1.165) is 41.6 Å². The number of halogens is 1. The largest absolute Gasteiger partial charge is 0.322 e. The number of amides is 1. The van der Waals surface area contributed by atoms with Crippen LogP contribution in [0, 0.1) is 5.82 Å². The van der Waals surface area contributed by atoms with Gasteiger partial charge in [0.15, 0.2) is 0 Å². The number of nitrogens with zero attached hydrogens (tertiary/aromatic N) is 2. The topological polar surface area (TPSA) is 64.0 Å². The van der Waals surface area contributed by atoms with Crippen molar-refractivity contribution in [2.45, 2.75) is 32.2 Å². The van der Waals surface area contributed by atoms with Crippen LogP contribution in [0.3, 0.4) is 0 Å². The Balaban J connectivity index is 1.70. The number of anilines is 1. The summed E-state index contributed by atoms with van der Waals surface area (Å²) in [5, 5.41) is 7.02. The fraction of sp³-hybridized carbons (Fsp3) is 0.227. The Labute approximate surface area is 161 Å². The van der Waals surface area contributed by atoms with Crippen LogP contribution in [0.2, 0.25) is 0 Å². The first-order valence-corrected chi connectivity index (χ1v) is 9.36. The first kappa shape index (κ1) is 18.1. The number of hydrogen-bond acceptors (Lipinski definition) is 3. The summed E-state index contributed by atoms with van der Waals surface area (Å²) in [7, 11) is 0. The van der Waals surface area contributed by atoms with E-state index in [-0.39, 0.29) is 17.8 Å². The molecule has 0 unspecified atom stereocenters. The molecule has 28 heavy (non-hydrogen) atoms. The molecule has 0 spiro atoms. The van der Waals surface area contributed by atoms with Crippen LogP contribution < -0.4 is 10.9 Å². The number of carbonyl (C=O) groups excluding carboxylic acids is 1. The van der Waals surface area contributed by atoms with Gasteiger partial charge in [-0.3, -0.25) is 9.59 Å². The van der Waals surface area contributed by atoms with Gasteiger partial charge in [0.1, 0.15) is 12.4 Å². The lowest BCUT2D eigenvalue weighted by Crippen LogP contribution is -2.34. The lowest BCUT2D eigenvalue weighted by Gasteiger charge is -2.20. The Bertz CT molecular complexity index is 1080. The fourth-order valence-corrected chi connectivity index (χ4v) is 3.61. The van der Waals surface area contributed by atoms with E-state index in [4.69, 9.17) is 0 Å². The summed E-state index contributed by atoms with van der Waals surface area (Å²) in [5.74, 6) is -1.01. The van der Waals surface area contributed by atoms with Gasteiger partial charge < -0.3 is 5.32 Å². The number of nitrogens with one attached hydrogen (secondary N) is 1. The summed E-state index contributed by atoms with van der Waals surface area (Å²) in [4.78, 5) is 25.3. The Morgan fingerprint density at radius 1 is 1.00 bits per heavy atom. The summed E-state index contributed by atoms with van der Waals surface area (Å²) in [5.41, 5.74) is 3.23. The third-order valence-electron chi connectivity index (χ3n) is 4.96. The van der Waals surface area contributed by atoms with E-state index in [9.17, 15) is 14.0 Å². The number of para-hydroxylation sites is 1. The smallest absolute Gasteiger partial charge is 0.270 e. The van der Waals surface area contributed by atoms with E-state index in [0.29, 0.717) is 6.42 Å². The molecule has 1 aliphatic carbocycles. The van der Waals surface area contributed by atoms with Crippen LogP contribution in [0.5, 0.6) is 0 Å². The highest BCUT2D eigenvalue weighted by Gasteiger charge is 2.22. The molecule has 1 heterocycles. The number of fused-ring (bicyclic) bond motifs is 1. The van der Waals surface area contributed by atoms with Crippen molar-refractivity contribution in [3.8, 4) is 11.3 Å². The monoisotopic (exact) mass is 377 g/mol. The van der Waals surface area contributed by atoms with Gasteiger partial charge in [-0.1, -0.05) is 42.5 Å². The van der Waals surface area contributed by atoms with Crippen molar-refractivity contribution in [1.29, 1.82) is 0 Å². The third-order valence-corrected chi connectivity index (χ3v) is 4.96. The van der Waals surface area contributed by atoms with E-state index in [1.54, 1.807) is 12.1 Å². The van der Waals surface area contributed by atoms with Gasteiger partial charge in [-0.05, 0) is 43.4 Å². The zero-order chi connectivity index (χ0) is 19.5. The molecule has 0 bridgehead atoms. The maximum atomic E-state index is 13.8. The summed E-state index contributed by atoms with van der Waals surface area (Å²) >= 11 is 0. The molecule has 1 aromatic heterocycles. The predicted octanol–water partition coefficient (Wildman–Crippen LogP) is 3.57. The maximum Gasteiger partial charge on any atom is 0.270 e. The lowest BCUT2D eigenvalue weighted by molar-refractivity contribution is -0.117. The van der Waals surface area contributed by atoms with Crippen molar-refractivity contribution in [2.75, 3.05) is 5.32 Å². The van der Waals surface area contributed by atoms with Crippen LogP contribution in [-0.2, 0) is 24.2 Å². The van der Waals surface area contributed by atoms with E-state index in [2.05, 4.69) is 10.4 Å². The van der Waals surface area contributed by atoms with Gasteiger partial charge in [-0.25, -0.2) is 9.07 Å². The molecule has 0 aliphatic heterocycles. The Morgan fingerprint density at radius 2 is 1.68 bits per heavy atom. The van der Waals surface area contributed by atoms with Crippen molar-refractivity contribution in [3.63, 3.8) is 0 Å². The van der Waals surface area contributed by atoms with Crippen LogP contribution in [0.4, 0.5) is 10.1 Å². The molecule has 0 saturated heterocycles. The van der Waals surface area contributed by atoms with Crippen molar-refractivity contribution >= 4 is 11.6 Å². The molecular weight excluding hydrogens is 357 g/mol. The normalized spacial score (nSPS) is 13.0. The standard InChI is InChI=1S/C22H20FN3O2/c23-18-12-6-7-13-19(18)24-20(27)14-26-22(28)17-11-5-4-10-16(17)21(25-26)15-8-2-1-3-9-15/h1-3,6-9,12-13H,4-5,10-11,14H2,(H,24,27). The summed E-state index contributed by atoms with van der Waals surface area (Å²) < 4.78 is 15.0. The second-order valence-corrected chi connectivity index (χ2v) is 6.87. The average molecular weight is 377 g/mol. The second-order valence-electron chi connectivity index (χ2n) is 6.87. The van der Waals surface area contributed by atoms with Gasteiger partial charge in [-0.15, -0.1) is 0 Å². The molecule has 5 nitrogen and oxygen atoms in total. The number of aromatic nitrogens is 2. The summed E-state index contributed by atoms with van der Waals surface area (Å²) in [6.45, 7) is -0.264. The SMILES string of the molecule is O=C(Cn1nc(-c2ccccc2)c2c(c1=O)CCCC2)Nc1ccccc1F. The Hall–Kier alpha value is -3.28. The molecule has 3 aromatic rings. The van der Waals surface area contributed by atoms with Gasteiger partial charge in [0, 0.05) is 11.1 Å². The molecule has 1 aliphatic rings. The number of rotatable bonds is 4. The maximum absolute atomic E-state index is 13.8. The predicted molar refractivity (Wildman–Crippen MR) is 106 cm³/mol. The molecule has 6 heteroatoms. The molecule has 0 radical (unpaired) electrons. The molecule has 1 N–H and O–H groups in total. The van der Waals surface area contributed by atoms with Gasteiger partial charge in [-0.2, -0.15) is 5.10 Å². The Kier molecular flexibility index (Phi) is 5.02. The molecule has 4 rings (SSSR count). The van der Waals surface area contributed by atoms with Crippen molar-refractivity contribution in [1.82, 2.24) is 9.78 Å². The van der Waals surface area contributed by atoms with E-state index in [1.807, 2.05) is 30.3 Å². The zero-order valence-electron chi connectivity index (χ0n) is 15.3. The lowest BCUT2D eigenvalue weighted by atomic mass is 9.90. The minimum Gasteiger partial charge on any atom is -0.322 e. The summed E-state index contributed by atoms with van der Waals surface area (Å²) in [6, 6.07) is 15.6. The van der Waals surface area contributed by atoms with Crippen molar-refractivity contribution in [2.24, 2.45) is 0 Å². The molecule has 0 atom stereocenters. The van der Waals surface area contributed by atoms with Crippen molar-refractivity contribution < 1.29 is 9.18 Å². The number of benzene rings is 2. The second kappa shape index (κ2) is 7.76. The average Bonchev–Trinajstić information content (AvgIpc) is 2.72.